The molecule has 1 aliphatic carbocycles. The molecule has 0 unspecified atom stereocenters. The second-order valence-electron chi connectivity index (χ2n) is 9.57. The van der Waals surface area contributed by atoms with Gasteiger partial charge < -0.3 is 20.3 Å². The van der Waals surface area contributed by atoms with E-state index in [1.807, 2.05) is 17.7 Å². The molecule has 13 heteroatoms. The summed E-state index contributed by atoms with van der Waals surface area (Å²) in [6.45, 7) is 2.48. The molecule has 4 heterocycles. The largest absolute Gasteiger partial charge is 0.472 e. The average Bonchev–Trinajstić information content (AvgIpc) is 3.54. The maximum absolute atomic E-state index is 14.4. The average molecular weight is 546 g/mol. The highest BCUT2D eigenvalue weighted by molar-refractivity contribution is 5.93. The van der Waals surface area contributed by atoms with Crippen LogP contribution in [0.1, 0.15) is 50.6 Å². The van der Waals surface area contributed by atoms with E-state index in [-0.39, 0.29) is 25.3 Å². The number of ether oxygens (including phenoxy) is 1. The van der Waals surface area contributed by atoms with Crippen molar-refractivity contribution in [2.75, 3.05) is 18.5 Å². The number of hydrogen-bond acceptors (Lipinski definition) is 8. The summed E-state index contributed by atoms with van der Waals surface area (Å²) in [5, 5.41) is 32.2. The molecule has 10 nitrogen and oxygen atoms in total. The molecule has 3 N–H and O–H groups in total. The minimum Gasteiger partial charge on any atom is -0.472 e. The lowest BCUT2D eigenvalue weighted by molar-refractivity contribution is 0.0783. The zero-order chi connectivity index (χ0) is 27.5. The third-order valence-electron chi connectivity index (χ3n) is 6.86. The van der Waals surface area contributed by atoms with Crippen LogP contribution >= 0.6 is 0 Å². The van der Waals surface area contributed by atoms with E-state index in [1.54, 1.807) is 23.3 Å². The minimum absolute atomic E-state index is 0.0226. The van der Waals surface area contributed by atoms with Crippen molar-refractivity contribution in [3.63, 3.8) is 0 Å². The molecule has 0 aromatic carbocycles. The number of aromatic nitrogens is 6. The molecule has 0 radical (unpaired) electrons. The van der Waals surface area contributed by atoms with Gasteiger partial charge in [-0.1, -0.05) is 0 Å². The van der Waals surface area contributed by atoms with Crippen molar-refractivity contribution >= 4 is 16.7 Å². The second kappa shape index (κ2) is 11.6. The number of halogens is 3. The summed E-state index contributed by atoms with van der Waals surface area (Å²) >= 11 is 0. The number of nitrogens with zero attached hydrogens (tertiary/aromatic N) is 6. The first kappa shape index (κ1) is 26.9. The number of rotatable bonds is 10. The normalized spacial score (nSPS) is 18.5. The molecular weight excluding hydrogens is 515 g/mol. The Balaban J connectivity index is 1.38. The Kier molecular flexibility index (Phi) is 7.98. The smallest absolute Gasteiger partial charge is 0.266 e. The van der Waals surface area contributed by atoms with Crippen LogP contribution in [0.5, 0.6) is 5.88 Å². The number of nitrogens with one attached hydrogen (secondary N) is 1. The molecule has 0 spiro atoms. The van der Waals surface area contributed by atoms with Crippen LogP contribution < -0.4 is 10.1 Å². The maximum atomic E-state index is 14.4. The first-order valence-corrected chi connectivity index (χ1v) is 12.9. The molecule has 1 fully saturated rings. The van der Waals surface area contributed by atoms with Crippen LogP contribution in [-0.2, 0) is 6.54 Å². The van der Waals surface area contributed by atoms with Gasteiger partial charge in [-0.25, -0.2) is 23.1 Å². The molecule has 39 heavy (non-hydrogen) atoms. The monoisotopic (exact) mass is 545 g/mol. The summed E-state index contributed by atoms with van der Waals surface area (Å²) in [5.74, 6) is -0.794. The summed E-state index contributed by atoms with van der Waals surface area (Å²) < 4.78 is 49.8. The Bertz CT molecular complexity index is 1420. The number of aliphatic hydroxyl groups is 2. The number of fused-ring (bicyclic) bond motifs is 1. The van der Waals surface area contributed by atoms with E-state index in [2.05, 4.69) is 20.4 Å². The van der Waals surface area contributed by atoms with E-state index < -0.39 is 29.8 Å². The van der Waals surface area contributed by atoms with Crippen LogP contribution in [0, 0.1) is 5.82 Å². The number of pyridine rings is 2. The second-order valence-corrected chi connectivity index (χ2v) is 9.57. The summed E-state index contributed by atoms with van der Waals surface area (Å²) in [6.07, 6.45) is 4.61. The van der Waals surface area contributed by atoms with Gasteiger partial charge in [0, 0.05) is 42.2 Å². The molecule has 0 aliphatic heterocycles. The van der Waals surface area contributed by atoms with E-state index in [4.69, 9.17) is 14.9 Å². The van der Waals surface area contributed by atoms with Gasteiger partial charge in [0.05, 0.1) is 42.6 Å². The van der Waals surface area contributed by atoms with Crippen LogP contribution in [0.25, 0.3) is 22.2 Å². The zero-order valence-electron chi connectivity index (χ0n) is 21.3. The Labute approximate surface area is 222 Å². The number of aliphatic hydroxyl groups excluding tert-OH is 2. The molecule has 1 saturated carbocycles. The van der Waals surface area contributed by atoms with Crippen molar-refractivity contribution < 1.29 is 28.1 Å². The van der Waals surface area contributed by atoms with Crippen molar-refractivity contribution in [3.8, 4) is 17.1 Å². The molecule has 1 atom stereocenters. The number of anilines is 1. The van der Waals surface area contributed by atoms with Crippen molar-refractivity contribution in [2.45, 2.75) is 63.8 Å². The maximum Gasteiger partial charge on any atom is 0.266 e. The van der Waals surface area contributed by atoms with Crippen LogP contribution in [0.2, 0.25) is 0 Å². The highest BCUT2D eigenvalue weighted by Gasteiger charge is 2.29. The fourth-order valence-corrected chi connectivity index (χ4v) is 4.92. The SMILES string of the molecule is CCNc1cc2c(cn1)c(-c1cnn(C[C@@H](O)CO)c1)nn2C1CCC(Oc2nccc(C(F)F)c2F)CC1. The predicted octanol–water partition coefficient (Wildman–Crippen LogP) is 4.11. The molecule has 0 saturated heterocycles. The van der Waals surface area contributed by atoms with E-state index in [1.165, 1.54) is 0 Å². The standard InChI is InChI=1S/C26H30F3N7O3/c1-2-30-22-9-21-20(11-32-22)24(15-10-33-35(12-15)13-17(38)14-37)34-36(21)16-3-5-18(6-4-16)39-26-23(27)19(25(28)29)7-8-31-26/h7-12,16-18,25,37-38H,2-6,13-14H2,1H3,(H,30,32)/t16?,17-,18?/m1/s1. The molecule has 0 bridgehead atoms. The lowest BCUT2D eigenvalue weighted by atomic mass is 9.93. The predicted molar refractivity (Wildman–Crippen MR) is 137 cm³/mol. The van der Waals surface area contributed by atoms with Gasteiger partial charge in [-0.2, -0.15) is 10.2 Å². The fourth-order valence-electron chi connectivity index (χ4n) is 4.92. The lowest BCUT2D eigenvalue weighted by Crippen LogP contribution is -2.27. The van der Waals surface area contributed by atoms with Crippen molar-refractivity contribution in [1.29, 1.82) is 0 Å². The molecule has 208 valence electrons. The lowest BCUT2D eigenvalue weighted by Gasteiger charge is -2.29. The summed E-state index contributed by atoms with van der Waals surface area (Å²) in [6, 6.07) is 2.93. The Morgan fingerprint density at radius 1 is 1.18 bits per heavy atom. The van der Waals surface area contributed by atoms with Gasteiger partial charge in [-0.05, 0) is 38.7 Å². The van der Waals surface area contributed by atoms with Gasteiger partial charge in [0.1, 0.15) is 17.6 Å². The van der Waals surface area contributed by atoms with Crippen molar-refractivity contribution in [3.05, 3.63) is 48.3 Å². The van der Waals surface area contributed by atoms with Crippen LogP contribution in [0.15, 0.2) is 36.9 Å². The zero-order valence-corrected chi connectivity index (χ0v) is 21.3. The summed E-state index contributed by atoms with van der Waals surface area (Å²) in [7, 11) is 0. The quantitative estimate of drug-likeness (QED) is 0.272. The highest BCUT2D eigenvalue weighted by atomic mass is 19.3. The summed E-state index contributed by atoms with van der Waals surface area (Å²) in [4.78, 5) is 8.34. The van der Waals surface area contributed by atoms with Crippen LogP contribution in [0.3, 0.4) is 0 Å². The highest BCUT2D eigenvalue weighted by Crippen LogP contribution is 2.37. The third-order valence-corrected chi connectivity index (χ3v) is 6.86. The topological polar surface area (TPSA) is 123 Å². The van der Waals surface area contributed by atoms with Crippen molar-refractivity contribution in [1.82, 2.24) is 29.5 Å². The first-order chi connectivity index (χ1) is 18.9. The molecule has 4 aromatic rings. The molecule has 4 aromatic heterocycles. The van der Waals surface area contributed by atoms with Gasteiger partial charge in [-0.3, -0.25) is 9.36 Å². The van der Waals surface area contributed by atoms with Crippen LogP contribution in [-0.4, -0.2) is 65.1 Å². The Morgan fingerprint density at radius 2 is 1.97 bits per heavy atom. The first-order valence-electron chi connectivity index (χ1n) is 12.9. The Morgan fingerprint density at radius 3 is 2.69 bits per heavy atom. The molecule has 0 amide bonds. The van der Waals surface area contributed by atoms with Gasteiger partial charge in [0.15, 0.2) is 5.82 Å². The van der Waals surface area contributed by atoms with Crippen molar-refractivity contribution in [2.24, 2.45) is 0 Å². The number of alkyl halides is 2. The van der Waals surface area contributed by atoms with E-state index in [0.29, 0.717) is 37.9 Å². The van der Waals surface area contributed by atoms with E-state index in [9.17, 15) is 18.3 Å². The minimum atomic E-state index is -2.94. The van der Waals surface area contributed by atoms with Gasteiger partial charge in [-0.15, -0.1) is 0 Å². The summed E-state index contributed by atoms with van der Waals surface area (Å²) in [5.41, 5.74) is 1.61. The Hall–Kier alpha value is -3.71. The third kappa shape index (κ3) is 5.69. The fraction of sp³-hybridized carbons (Fsp3) is 0.462. The molecular formula is C26H30F3N7O3. The van der Waals surface area contributed by atoms with E-state index >= 15 is 0 Å². The van der Waals surface area contributed by atoms with Gasteiger partial charge >= 0.3 is 0 Å². The van der Waals surface area contributed by atoms with Crippen LogP contribution in [0.4, 0.5) is 19.0 Å². The molecule has 5 rings (SSSR count). The van der Waals surface area contributed by atoms with Gasteiger partial charge in [0.25, 0.3) is 12.3 Å². The molecule has 1 aliphatic rings. The number of hydrogen-bond donors (Lipinski definition) is 3. The van der Waals surface area contributed by atoms with E-state index in [0.717, 1.165) is 34.5 Å². The van der Waals surface area contributed by atoms with Gasteiger partial charge in [0.2, 0.25) is 0 Å².